The summed E-state index contributed by atoms with van der Waals surface area (Å²) in [6, 6.07) is 5.28. The van der Waals surface area contributed by atoms with Crippen molar-refractivity contribution in [3.63, 3.8) is 0 Å². The molecule has 0 saturated carbocycles. The van der Waals surface area contributed by atoms with Gasteiger partial charge in [0.05, 0.1) is 52.4 Å². The summed E-state index contributed by atoms with van der Waals surface area (Å²) in [7, 11) is -1.16. The van der Waals surface area contributed by atoms with Gasteiger partial charge in [-0.1, -0.05) is 17.8 Å². The monoisotopic (exact) mass is 530 g/mol. The molecule has 2 atom stereocenters. The van der Waals surface area contributed by atoms with Crippen LogP contribution < -0.4 is 20.7 Å². The van der Waals surface area contributed by atoms with Gasteiger partial charge in [0.1, 0.15) is 10.8 Å². The Morgan fingerprint density at radius 3 is 2.72 bits per heavy atom. The van der Waals surface area contributed by atoms with Crippen molar-refractivity contribution in [3.05, 3.63) is 30.0 Å². The molecule has 0 unspecified atom stereocenters. The quantitative estimate of drug-likeness (QED) is 0.497. The molecule has 4 N–H and O–H groups in total. The molecule has 192 valence electrons. The van der Waals surface area contributed by atoms with Crippen LogP contribution in [0.15, 0.2) is 34.3 Å². The molecule has 0 aliphatic carbocycles. The third kappa shape index (κ3) is 4.62. The molecule has 3 aliphatic heterocycles. The van der Waals surface area contributed by atoms with E-state index in [0.717, 1.165) is 25.9 Å². The summed E-state index contributed by atoms with van der Waals surface area (Å²) in [5, 5.41) is 3.05. The van der Waals surface area contributed by atoms with Gasteiger partial charge in [-0.2, -0.15) is 0 Å². The average Bonchev–Trinajstić information content (AvgIpc) is 3.35. The summed E-state index contributed by atoms with van der Waals surface area (Å²) in [6.45, 7) is 8.63. The van der Waals surface area contributed by atoms with Crippen LogP contribution in [-0.4, -0.2) is 63.0 Å². The van der Waals surface area contributed by atoms with Crippen LogP contribution in [0.25, 0.3) is 0 Å². The summed E-state index contributed by atoms with van der Waals surface area (Å²) in [6.07, 6.45) is 3.45. The van der Waals surface area contributed by atoms with Crippen LogP contribution in [0.5, 0.6) is 0 Å². The number of carbonyl (C=O) groups excluding carboxylic acids is 2. The number of anilines is 3. The highest BCUT2D eigenvalue weighted by atomic mass is 32.2. The summed E-state index contributed by atoms with van der Waals surface area (Å²) in [5.41, 5.74) is 7.04. The fraction of sp³-hybridized carbons (Fsp3) is 0.500. The number of nitrogens with zero attached hydrogens (tertiary/aromatic N) is 3. The van der Waals surface area contributed by atoms with E-state index in [1.54, 1.807) is 24.4 Å². The molecular formula is C24H30N6O4S2. The number of ether oxygens (including phenoxy) is 1. The Bertz CT molecular complexity index is 1240. The molecule has 5 rings (SSSR count). The highest BCUT2D eigenvalue weighted by Gasteiger charge is 2.47. The third-order valence-electron chi connectivity index (χ3n) is 6.97. The molecule has 1 amide bonds. The zero-order chi connectivity index (χ0) is 25.7. The molecule has 1 spiro atoms. The van der Waals surface area contributed by atoms with Crippen molar-refractivity contribution >= 4 is 51.8 Å². The number of carbonyl (C=O) groups is 2. The number of aromatic nitrogens is 2. The largest absolute Gasteiger partial charge is 0.381 e. The van der Waals surface area contributed by atoms with Crippen molar-refractivity contribution in [2.75, 3.05) is 42.3 Å². The number of nitrogen functional groups attached to an aromatic ring is 1. The maximum Gasteiger partial charge on any atom is 0.296 e. The maximum atomic E-state index is 12.7. The van der Waals surface area contributed by atoms with Gasteiger partial charge in [0.15, 0.2) is 5.82 Å². The molecule has 12 heteroatoms. The van der Waals surface area contributed by atoms with Crippen molar-refractivity contribution in [1.29, 1.82) is 0 Å². The van der Waals surface area contributed by atoms with Crippen LogP contribution >= 0.6 is 11.8 Å². The molecule has 36 heavy (non-hydrogen) atoms. The zero-order valence-corrected chi connectivity index (χ0v) is 22.1. The minimum Gasteiger partial charge on any atom is -0.381 e. The lowest BCUT2D eigenvalue weighted by Crippen LogP contribution is -2.53. The number of nitrogens with two attached hydrogens (primary N) is 1. The van der Waals surface area contributed by atoms with E-state index in [4.69, 9.17) is 10.5 Å². The van der Waals surface area contributed by atoms with Crippen molar-refractivity contribution < 1.29 is 18.5 Å². The van der Waals surface area contributed by atoms with Crippen molar-refractivity contribution in [1.82, 2.24) is 14.7 Å². The Hall–Kier alpha value is -2.54. The van der Waals surface area contributed by atoms with Gasteiger partial charge < -0.3 is 20.7 Å². The maximum absolute atomic E-state index is 12.7. The average molecular weight is 531 g/mol. The molecule has 3 aliphatic rings. The number of nitrogens with one attached hydrogen (secondary N) is 2. The first-order valence-electron chi connectivity index (χ1n) is 11.9. The lowest BCUT2D eigenvalue weighted by molar-refractivity contribution is -0.112. The van der Waals surface area contributed by atoms with E-state index in [0.29, 0.717) is 40.2 Å². The van der Waals surface area contributed by atoms with Gasteiger partial charge in [-0.3, -0.25) is 9.59 Å². The fourth-order valence-electron chi connectivity index (χ4n) is 4.76. The number of rotatable bonds is 5. The third-order valence-corrected chi connectivity index (χ3v) is 9.65. The number of Topliss-reactive ketones (excluding diaryl/α,β-unsaturated/α-hetero) is 1. The second-order valence-corrected chi connectivity index (χ2v) is 13.4. The number of hydrogen-bond donors (Lipinski definition) is 3. The Morgan fingerprint density at radius 1 is 1.28 bits per heavy atom. The van der Waals surface area contributed by atoms with Crippen LogP contribution in [0.2, 0.25) is 0 Å². The van der Waals surface area contributed by atoms with Crippen LogP contribution in [0.3, 0.4) is 0 Å². The molecule has 2 aromatic rings. The minimum atomic E-state index is -1.16. The van der Waals surface area contributed by atoms with Crippen LogP contribution in [0, 0.1) is 5.41 Å². The highest BCUT2D eigenvalue weighted by molar-refractivity contribution is 7.99. The van der Waals surface area contributed by atoms with E-state index in [2.05, 4.69) is 24.9 Å². The lowest BCUT2D eigenvalue weighted by atomic mass is 9.75. The Morgan fingerprint density at radius 2 is 2.03 bits per heavy atom. The number of fused-ring (bicyclic) bond motifs is 1. The summed E-state index contributed by atoms with van der Waals surface area (Å²) < 4.78 is 21.5. The van der Waals surface area contributed by atoms with Gasteiger partial charge in [0.2, 0.25) is 0 Å². The van der Waals surface area contributed by atoms with Gasteiger partial charge in [-0.05, 0) is 45.7 Å². The second-order valence-electron chi connectivity index (χ2n) is 10.4. The SMILES string of the molecule is CC(C)(C)[S@](=O)N[C@@H]1COCC12CCN(c1cnc(Sc3cccc4c3C(=O)C(=O)N4)c(N)n1)CC2. The van der Waals surface area contributed by atoms with Gasteiger partial charge >= 0.3 is 0 Å². The molecule has 0 bridgehead atoms. The second kappa shape index (κ2) is 9.40. The zero-order valence-electron chi connectivity index (χ0n) is 20.5. The Kier molecular flexibility index (Phi) is 6.56. The summed E-state index contributed by atoms with van der Waals surface area (Å²) in [4.78, 5) is 35.9. The smallest absolute Gasteiger partial charge is 0.296 e. The number of piperidine rings is 1. The van der Waals surface area contributed by atoms with Gasteiger partial charge in [0, 0.05) is 23.4 Å². The topological polar surface area (TPSA) is 140 Å². The van der Waals surface area contributed by atoms with E-state index in [1.807, 2.05) is 20.8 Å². The molecule has 1 aromatic carbocycles. The predicted octanol–water partition coefficient (Wildman–Crippen LogP) is 2.38. The number of amides is 1. The first kappa shape index (κ1) is 25.1. The van der Waals surface area contributed by atoms with E-state index < -0.39 is 22.7 Å². The van der Waals surface area contributed by atoms with Crippen LogP contribution in [-0.2, 0) is 20.5 Å². The molecule has 2 saturated heterocycles. The normalized spacial score (nSPS) is 22.1. The molecule has 4 heterocycles. The summed E-state index contributed by atoms with van der Waals surface area (Å²) in [5.74, 6) is -0.234. The lowest BCUT2D eigenvalue weighted by Gasteiger charge is -2.42. The molecular weight excluding hydrogens is 500 g/mol. The number of hydrogen-bond acceptors (Lipinski definition) is 9. The minimum absolute atomic E-state index is 0.0475. The first-order chi connectivity index (χ1) is 17.1. The van der Waals surface area contributed by atoms with E-state index in [-0.39, 0.29) is 22.0 Å². The molecule has 0 radical (unpaired) electrons. The standard InChI is InChI=1S/C24H30N6O4S2/c1-23(2,3)36(33)29-16-12-34-13-24(16)7-9-30(10-8-24)17-11-26-22(20(25)28-17)35-15-6-4-5-14-18(15)19(31)21(32)27-14/h4-6,11,16,29H,7-10,12-13H2,1-3H3,(H2,25,28)(H,27,31,32)/t16-,36+/m1/s1. The van der Waals surface area contributed by atoms with Crippen molar-refractivity contribution in [2.45, 2.75) is 54.3 Å². The molecule has 1 aromatic heterocycles. The van der Waals surface area contributed by atoms with E-state index >= 15 is 0 Å². The van der Waals surface area contributed by atoms with Crippen LogP contribution in [0.1, 0.15) is 44.0 Å². The number of ketones is 1. The van der Waals surface area contributed by atoms with Crippen LogP contribution in [0.4, 0.5) is 17.3 Å². The molecule has 2 fully saturated rings. The van der Waals surface area contributed by atoms with E-state index in [1.165, 1.54) is 11.8 Å². The molecule has 10 nitrogen and oxygen atoms in total. The fourth-order valence-corrected chi connectivity index (χ4v) is 6.61. The summed E-state index contributed by atoms with van der Waals surface area (Å²) >= 11 is 1.22. The van der Waals surface area contributed by atoms with Gasteiger partial charge in [-0.15, -0.1) is 0 Å². The Balaban J connectivity index is 1.27. The van der Waals surface area contributed by atoms with Crippen molar-refractivity contribution in [2.24, 2.45) is 5.41 Å². The Labute approximate surface area is 216 Å². The first-order valence-corrected chi connectivity index (χ1v) is 13.8. The highest BCUT2D eigenvalue weighted by Crippen LogP contribution is 2.42. The van der Waals surface area contributed by atoms with E-state index in [9.17, 15) is 13.8 Å². The van der Waals surface area contributed by atoms with Gasteiger partial charge in [0.25, 0.3) is 11.7 Å². The number of benzene rings is 1. The van der Waals surface area contributed by atoms with Gasteiger partial charge in [-0.25, -0.2) is 18.9 Å². The van der Waals surface area contributed by atoms with Crippen molar-refractivity contribution in [3.8, 4) is 0 Å². The predicted molar refractivity (Wildman–Crippen MR) is 139 cm³/mol.